The third-order valence-corrected chi connectivity index (χ3v) is 5.55. The third kappa shape index (κ3) is 5.08. The van der Waals surface area contributed by atoms with Crippen molar-refractivity contribution in [2.75, 3.05) is 12.0 Å². The maximum Gasteiger partial charge on any atom is 0.270 e. The van der Waals surface area contributed by atoms with Crippen LogP contribution in [0.2, 0.25) is 5.02 Å². The minimum Gasteiger partial charge on any atom is -0.496 e. The van der Waals surface area contributed by atoms with Gasteiger partial charge in [-0.3, -0.25) is 19.8 Å². The number of ether oxygens (including phenoxy) is 2. The van der Waals surface area contributed by atoms with Gasteiger partial charge in [0, 0.05) is 10.6 Å². The Hall–Kier alpha value is -3.75. The summed E-state index contributed by atoms with van der Waals surface area (Å²) in [4.78, 5) is 27.0. The van der Waals surface area contributed by atoms with Crippen molar-refractivity contribution in [3.63, 3.8) is 0 Å². The Bertz CT molecular complexity index is 1290. The summed E-state index contributed by atoms with van der Waals surface area (Å²) in [7, 11) is 1.53. The van der Waals surface area contributed by atoms with Crippen LogP contribution >= 0.6 is 23.8 Å². The molecule has 1 N–H and O–H groups in total. The first kappa shape index (κ1) is 23.4. The van der Waals surface area contributed by atoms with Crippen LogP contribution in [0, 0.1) is 5.82 Å². The summed E-state index contributed by atoms with van der Waals surface area (Å²) < 4.78 is 24.2. The number of benzene rings is 3. The molecule has 172 valence electrons. The molecule has 1 fully saturated rings. The molecule has 1 saturated heterocycles. The number of amides is 2. The van der Waals surface area contributed by atoms with Crippen molar-refractivity contribution in [1.29, 1.82) is 0 Å². The minimum absolute atomic E-state index is 0.0161. The van der Waals surface area contributed by atoms with Gasteiger partial charge in [0.15, 0.2) is 5.11 Å². The van der Waals surface area contributed by atoms with E-state index in [0.29, 0.717) is 33.3 Å². The van der Waals surface area contributed by atoms with E-state index in [1.807, 2.05) is 0 Å². The number of hydrogen-bond acceptors (Lipinski definition) is 5. The maximum absolute atomic E-state index is 13.2. The molecule has 0 spiro atoms. The van der Waals surface area contributed by atoms with E-state index in [0.717, 1.165) is 0 Å². The summed E-state index contributed by atoms with van der Waals surface area (Å²) in [6.07, 6.45) is 1.48. The molecule has 2 amide bonds. The Morgan fingerprint density at radius 3 is 2.44 bits per heavy atom. The van der Waals surface area contributed by atoms with Gasteiger partial charge >= 0.3 is 0 Å². The predicted molar refractivity (Wildman–Crippen MR) is 131 cm³/mol. The molecule has 6 nitrogen and oxygen atoms in total. The fourth-order valence-electron chi connectivity index (χ4n) is 3.34. The van der Waals surface area contributed by atoms with Gasteiger partial charge in [0.25, 0.3) is 11.8 Å². The Balaban J connectivity index is 1.62. The largest absolute Gasteiger partial charge is 0.496 e. The van der Waals surface area contributed by atoms with Gasteiger partial charge in [0.05, 0.1) is 12.8 Å². The molecule has 0 aliphatic carbocycles. The average molecular weight is 497 g/mol. The monoisotopic (exact) mass is 496 g/mol. The number of nitrogens with one attached hydrogen (secondary N) is 1. The highest BCUT2D eigenvalue weighted by atomic mass is 35.5. The highest BCUT2D eigenvalue weighted by Gasteiger charge is 2.34. The second-order valence-corrected chi connectivity index (χ2v) is 8.07. The lowest BCUT2D eigenvalue weighted by Crippen LogP contribution is -2.54. The van der Waals surface area contributed by atoms with Crippen LogP contribution in [-0.2, 0) is 16.2 Å². The van der Waals surface area contributed by atoms with Crippen molar-refractivity contribution in [3.8, 4) is 11.5 Å². The highest BCUT2D eigenvalue weighted by Crippen LogP contribution is 2.26. The van der Waals surface area contributed by atoms with Gasteiger partial charge in [-0.15, -0.1) is 0 Å². The van der Waals surface area contributed by atoms with E-state index in [1.54, 1.807) is 42.5 Å². The Morgan fingerprint density at radius 2 is 1.76 bits per heavy atom. The minimum atomic E-state index is -0.597. The second-order valence-electron chi connectivity index (χ2n) is 7.25. The lowest BCUT2D eigenvalue weighted by atomic mass is 10.0. The smallest absolute Gasteiger partial charge is 0.270 e. The van der Waals surface area contributed by atoms with Gasteiger partial charge in [0.1, 0.15) is 29.5 Å². The molecule has 0 atom stereocenters. The summed E-state index contributed by atoms with van der Waals surface area (Å²) in [5.41, 5.74) is 1.66. The number of anilines is 1. The molecular weight excluding hydrogens is 479 g/mol. The van der Waals surface area contributed by atoms with Crippen molar-refractivity contribution in [3.05, 3.63) is 94.3 Å². The van der Waals surface area contributed by atoms with Gasteiger partial charge in [-0.25, -0.2) is 4.39 Å². The zero-order chi connectivity index (χ0) is 24.2. The predicted octanol–water partition coefficient (Wildman–Crippen LogP) is 4.90. The summed E-state index contributed by atoms with van der Waals surface area (Å²) in [5, 5.41) is 3.04. The van der Waals surface area contributed by atoms with Crippen LogP contribution in [0.3, 0.4) is 0 Å². The maximum atomic E-state index is 13.2. The van der Waals surface area contributed by atoms with Gasteiger partial charge in [-0.05, 0) is 84.5 Å². The van der Waals surface area contributed by atoms with E-state index in [1.165, 1.54) is 42.4 Å². The SMILES string of the molecule is COc1ccc(/C=C2\C(=O)NC(=S)N(c3ccc(Cl)cc3)C2=O)cc1COc1ccc(F)cc1. The fourth-order valence-corrected chi connectivity index (χ4v) is 3.75. The van der Waals surface area contributed by atoms with Gasteiger partial charge in [0.2, 0.25) is 0 Å². The van der Waals surface area contributed by atoms with Gasteiger partial charge < -0.3 is 9.47 Å². The molecule has 0 aromatic heterocycles. The zero-order valence-electron chi connectivity index (χ0n) is 17.9. The van der Waals surface area contributed by atoms with E-state index < -0.39 is 11.8 Å². The van der Waals surface area contributed by atoms with E-state index in [9.17, 15) is 14.0 Å². The fraction of sp³-hybridized carbons (Fsp3) is 0.0800. The molecule has 3 aromatic rings. The number of carbonyl (C=O) groups excluding carboxylic acids is 2. The zero-order valence-corrected chi connectivity index (χ0v) is 19.5. The van der Waals surface area contributed by atoms with Crippen LogP contribution in [0.5, 0.6) is 11.5 Å². The summed E-state index contributed by atoms with van der Waals surface area (Å²) in [5.74, 6) is -0.467. The molecule has 4 rings (SSSR count). The lowest BCUT2D eigenvalue weighted by Gasteiger charge is -2.29. The molecule has 0 unspecified atom stereocenters. The quantitative estimate of drug-likeness (QED) is 0.299. The molecule has 1 heterocycles. The van der Waals surface area contributed by atoms with Crippen molar-refractivity contribution in [2.24, 2.45) is 0 Å². The topological polar surface area (TPSA) is 67.9 Å². The van der Waals surface area contributed by atoms with Crippen LogP contribution in [0.25, 0.3) is 6.08 Å². The molecule has 1 aliphatic heterocycles. The van der Waals surface area contributed by atoms with Crippen LogP contribution in [0.1, 0.15) is 11.1 Å². The van der Waals surface area contributed by atoms with E-state index in [-0.39, 0.29) is 23.1 Å². The van der Waals surface area contributed by atoms with Gasteiger partial charge in [-0.1, -0.05) is 17.7 Å². The van der Waals surface area contributed by atoms with Crippen LogP contribution in [0.4, 0.5) is 10.1 Å². The first-order valence-corrected chi connectivity index (χ1v) is 10.9. The van der Waals surface area contributed by atoms with Gasteiger partial charge in [-0.2, -0.15) is 0 Å². The Kier molecular flexibility index (Phi) is 6.90. The van der Waals surface area contributed by atoms with Crippen LogP contribution < -0.4 is 19.7 Å². The van der Waals surface area contributed by atoms with Crippen molar-refractivity contribution < 1.29 is 23.5 Å². The van der Waals surface area contributed by atoms with E-state index in [2.05, 4.69) is 5.32 Å². The standard InChI is InChI=1S/C25H18ClFN2O4S/c1-32-22-11-2-15(12-16(22)14-33-20-9-5-18(27)6-10-20)13-21-23(30)28-25(34)29(24(21)31)19-7-3-17(26)4-8-19/h2-13H,14H2,1H3,(H,28,30,34)/b21-13+. The first-order valence-electron chi connectivity index (χ1n) is 10.1. The number of nitrogens with zero attached hydrogens (tertiary/aromatic N) is 1. The number of carbonyl (C=O) groups is 2. The summed E-state index contributed by atoms with van der Waals surface area (Å²) >= 11 is 11.2. The van der Waals surface area contributed by atoms with Crippen molar-refractivity contribution in [2.45, 2.75) is 6.61 Å². The average Bonchev–Trinajstić information content (AvgIpc) is 2.82. The molecule has 9 heteroatoms. The molecule has 0 bridgehead atoms. The second kappa shape index (κ2) is 10.0. The normalized spacial score (nSPS) is 14.9. The molecular formula is C25H18ClFN2O4S. The molecule has 0 radical (unpaired) electrons. The van der Waals surface area contributed by atoms with Crippen LogP contribution in [0.15, 0.2) is 72.3 Å². The summed E-state index contributed by atoms with van der Waals surface area (Å²) in [6, 6.07) is 17.4. The summed E-state index contributed by atoms with van der Waals surface area (Å²) in [6.45, 7) is 0.132. The van der Waals surface area contributed by atoms with Crippen molar-refractivity contribution in [1.82, 2.24) is 5.32 Å². The highest BCUT2D eigenvalue weighted by molar-refractivity contribution is 7.80. The van der Waals surface area contributed by atoms with Crippen LogP contribution in [-0.4, -0.2) is 24.0 Å². The molecule has 3 aromatic carbocycles. The number of halogens is 2. The Labute approximate surface area is 205 Å². The Morgan fingerprint density at radius 1 is 1.06 bits per heavy atom. The molecule has 1 aliphatic rings. The van der Waals surface area contributed by atoms with E-state index >= 15 is 0 Å². The van der Waals surface area contributed by atoms with Crippen molar-refractivity contribution >= 4 is 52.5 Å². The number of rotatable bonds is 6. The van der Waals surface area contributed by atoms with E-state index in [4.69, 9.17) is 33.3 Å². The number of methoxy groups -OCH3 is 1. The number of thiocarbonyl (C=S) groups is 1. The molecule has 0 saturated carbocycles. The third-order valence-electron chi connectivity index (χ3n) is 5.01. The lowest BCUT2D eigenvalue weighted by molar-refractivity contribution is -0.122. The number of hydrogen-bond donors (Lipinski definition) is 1. The molecule has 34 heavy (non-hydrogen) atoms. The first-order chi connectivity index (χ1) is 16.4.